The summed E-state index contributed by atoms with van der Waals surface area (Å²) < 4.78 is 14.9. The lowest BCUT2D eigenvalue weighted by atomic mass is 9.90. The molecule has 1 aliphatic heterocycles. The first-order valence-electron chi connectivity index (χ1n) is 12.6. The van der Waals surface area contributed by atoms with E-state index in [1.807, 2.05) is 0 Å². The number of anilines is 4. The number of nitrogens with one attached hydrogen (secondary N) is 1. The smallest absolute Gasteiger partial charge is 0.232 e. The lowest BCUT2D eigenvalue weighted by Crippen LogP contribution is -2.47. The summed E-state index contributed by atoms with van der Waals surface area (Å²) in [6.07, 6.45) is 8.10. The monoisotopic (exact) mass is 534 g/mol. The molecule has 0 spiro atoms. The van der Waals surface area contributed by atoms with E-state index in [1.165, 1.54) is 18.5 Å². The summed E-state index contributed by atoms with van der Waals surface area (Å²) in [7, 11) is 0. The highest BCUT2D eigenvalue weighted by Crippen LogP contribution is 2.29. The highest BCUT2D eigenvalue weighted by Gasteiger charge is 2.28. The third kappa shape index (κ3) is 6.26. The Morgan fingerprint density at radius 1 is 0.846 bits per heavy atom. The molecule has 4 heterocycles. The Kier molecular flexibility index (Phi) is 7.10. The maximum Gasteiger partial charge on any atom is 0.232 e. The molecule has 1 atom stereocenters. The molecular weight excluding hydrogens is 503 g/mol. The predicted octanol–water partition coefficient (Wildman–Crippen LogP) is 2.09. The van der Waals surface area contributed by atoms with Crippen LogP contribution in [0.5, 0.6) is 0 Å². The maximum atomic E-state index is 13.3. The quantitative estimate of drug-likeness (QED) is 0.306. The number of benzene rings is 1. The second-order valence-electron chi connectivity index (χ2n) is 10.3. The number of nitrogens with zero attached hydrogens (tertiary/aromatic N) is 9. The summed E-state index contributed by atoms with van der Waals surface area (Å²) in [6, 6.07) is 5.74. The van der Waals surface area contributed by atoms with Crippen LogP contribution in [0.3, 0.4) is 0 Å². The van der Waals surface area contributed by atoms with Crippen LogP contribution in [0.15, 0.2) is 55.4 Å². The van der Waals surface area contributed by atoms with Crippen molar-refractivity contribution in [1.82, 2.24) is 34.7 Å². The first-order valence-corrected chi connectivity index (χ1v) is 12.6. The standard InChI is InChI=1S/C26H31FN10O2/c1-25(2,38)16-37-15-21(14-32-37)33-22-30-17-31-24(34-22)36-10-8-35(9-11-36)23-28-12-19(13-29-23)26(3,39)18-4-6-20(27)7-5-18/h4-7,12-15,17,38-39H,8-11,16H2,1-3H3,(H,30,31,33,34). The molecule has 0 saturated carbocycles. The van der Waals surface area contributed by atoms with E-state index in [0.29, 0.717) is 67.4 Å². The van der Waals surface area contributed by atoms with Gasteiger partial charge in [-0.05, 0) is 38.5 Å². The van der Waals surface area contributed by atoms with Crippen LogP contribution in [0.2, 0.25) is 0 Å². The van der Waals surface area contributed by atoms with Crippen molar-refractivity contribution in [3.05, 3.63) is 72.3 Å². The molecule has 39 heavy (non-hydrogen) atoms. The highest BCUT2D eigenvalue weighted by molar-refractivity contribution is 5.52. The van der Waals surface area contributed by atoms with Crippen molar-refractivity contribution in [2.75, 3.05) is 41.3 Å². The minimum absolute atomic E-state index is 0.361. The molecule has 13 heteroatoms. The first-order chi connectivity index (χ1) is 18.6. The van der Waals surface area contributed by atoms with Crippen LogP contribution in [0.25, 0.3) is 0 Å². The van der Waals surface area contributed by atoms with Gasteiger partial charge in [-0.25, -0.2) is 24.3 Å². The van der Waals surface area contributed by atoms with Crippen molar-refractivity contribution in [1.29, 1.82) is 0 Å². The molecule has 0 bridgehead atoms. The molecule has 3 N–H and O–H groups in total. The van der Waals surface area contributed by atoms with Gasteiger partial charge < -0.3 is 25.3 Å². The summed E-state index contributed by atoms with van der Waals surface area (Å²) in [4.78, 5) is 26.2. The van der Waals surface area contributed by atoms with Crippen molar-refractivity contribution < 1.29 is 14.6 Å². The molecule has 0 amide bonds. The van der Waals surface area contributed by atoms with Gasteiger partial charge in [0.25, 0.3) is 0 Å². The van der Waals surface area contributed by atoms with Crippen LogP contribution in [0, 0.1) is 5.82 Å². The zero-order chi connectivity index (χ0) is 27.6. The Morgan fingerprint density at radius 3 is 2.13 bits per heavy atom. The number of hydrogen-bond acceptors (Lipinski definition) is 11. The van der Waals surface area contributed by atoms with Gasteiger partial charge in [0.1, 0.15) is 17.7 Å². The van der Waals surface area contributed by atoms with E-state index in [0.717, 1.165) is 0 Å². The summed E-state index contributed by atoms with van der Waals surface area (Å²) in [6.45, 7) is 8.08. The Bertz CT molecular complexity index is 1400. The predicted molar refractivity (Wildman–Crippen MR) is 143 cm³/mol. The molecule has 0 radical (unpaired) electrons. The van der Waals surface area contributed by atoms with Gasteiger partial charge >= 0.3 is 0 Å². The molecule has 1 aliphatic rings. The second-order valence-corrected chi connectivity index (χ2v) is 10.3. The molecule has 1 unspecified atom stereocenters. The van der Waals surface area contributed by atoms with Crippen LogP contribution in [-0.2, 0) is 12.1 Å². The van der Waals surface area contributed by atoms with Crippen molar-refractivity contribution in [2.24, 2.45) is 0 Å². The molecular formula is C26H31FN10O2. The Balaban J connectivity index is 1.19. The number of rotatable bonds is 8. The molecule has 1 aromatic carbocycles. The summed E-state index contributed by atoms with van der Waals surface area (Å²) in [5.74, 6) is 1.16. The van der Waals surface area contributed by atoms with E-state index in [9.17, 15) is 14.6 Å². The number of halogens is 1. The van der Waals surface area contributed by atoms with Crippen LogP contribution in [0.4, 0.5) is 27.9 Å². The summed E-state index contributed by atoms with van der Waals surface area (Å²) >= 11 is 0. The number of aromatic nitrogens is 7. The van der Waals surface area contributed by atoms with Gasteiger partial charge in [-0.15, -0.1) is 0 Å². The highest BCUT2D eigenvalue weighted by atomic mass is 19.1. The fourth-order valence-electron chi connectivity index (χ4n) is 4.32. The fraction of sp³-hybridized carbons (Fsp3) is 0.385. The van der Waals surface area contributed by atoms with E-state index >= 15 is 0 Å². The lowest BCUT2D eigenvalue weighted by Gasteiger charge is -2.34. The number of hydrogen-bond donors (Lipinski definition) is 3. The third-order valence-corrected chi connectivity index (χ3v) is 6.45. The zero-order valence-electron chi connectivity index (χ0n) is 22.0. The van der Waals surface area contributed by atoms with Gasteiger partial charge in [0.2, 0.25) is 17.8 Å². The largest absolute Gasteiger partial charge is 0.389 e. The van der Waals surface area contributed by atoms with Crippen LogP contribution in [0.1, 0.15) is 31.9 Å². The van der Waals surface area contributed by atoms with Crippen LogP contribution < -0.4 is 15.1 Å². The fourth-order valence-corrected chi connectivity index (χ4v) is 4.32. The lowest BCUT2D eigenvalue weighted by molar-refractivity contribution is 0.0577. The van der Waals surface area contributed by atoms with Gasteiger partial charge in [-0.2, -0.15) is 10.1 Å². The van der Waals surface area contributed by atoms with E-state index in [4.69, 9.17) is 0 Å². The van der Waals surface area contributed by atoms with Gasteiger partial charge in [0, 0.05) is 50.3 Å². The van der Waals surface area contributed by atoms with Crippen molar-refractivity contribution in [3.63, 3.8) is 0 Å². The average molecular weight is 535 g/mol. The SMILES string of the molecule is CC(C)(O)Cn1cc(Nc2ncnc(N3CCN(c4ncc(C(C)(O)c5ccc(F)cc5)cn4)CC3)n2)cn1. The average Bonchev–Trinajstić information content (AvgIpc) is 3.34. The topological polar surface area (TPSA) is 141 Å². The number of piperazine rings is 1. The number of aliphatic hydroxyl groups is 2. The Hall–Kier alpha value is -4.23. The second kappa shape index (κ2) is 10.5. The van der Waals surface area contributed by atoms with Gasteiger partial charge in [0.05, 0.1) is 24.0 Å². The molecule has 4 aromatic rings. The summed E-state index contributed by atoms with van der Waals surface area (Å²) in [5, 5.41) is 28.4. The maximum absolute atomic E-state index is 13.3. The Labute approximate surface area is 225 Å². The minimum Gasteiger partial charge on any atom is -0.389 e. The van der Waals surface area contributed by atoms with Gasteiger partial charge in [-0.3, -0.25) is 4.68 Å². The molecule has 1 fully saturated rings. The van der Waals surface area contributed by atoms with Gasteiger partial charge in [0.15, 0.2) is 0 Å². The molecule has 5 rings (SSSR count). The van der Waals surface area contributed by atoms with E-state index in [2.05, 4.69) is 45.1 Å². The van der Waals surface area contributed by atoms with Crippen molar-refractivity contribution in [2.45, 2.75) is 38.5 Å². The van der Waals surface area contributed by atoms with E-state index in [1.54, 1.807) is 62.4 Å². The zero-order valence-corrected chi connectivity index (χ0v) is 22.0. The van der Waals surface area contributed by atoms with Crippen molar-refractivity contribution in [3.8, 4) is 0 Å². The third-order valence-electron chi connectivity index (χ3n) is 6.45. The molecule has 204 valence electrons. The van der Waals surface area contributed by atoms with Crippen LogP contribution >= 0.6 is 0 Å². The van der Waals surface area contributed by atoms with E-state index < -0.39 is 11.2 Å². The molecule has 3 aromatic heterocycles. The van der Waals surface area contributed by atoms with Gasteiger partial charge in [-0.1, -0.05) is 12.1 Å². The van der Waals surface area contributed by atoms with Crippen LogP contribution in [-0.4, -0.2) is 76.7 Å². The minimum atomic E-state index is -1.34. The molecule has 12 nitrogen and oxygen atoms in total. The normalized spacial score (nSPS) is 15.7. The summed E-state index contributed by atoms with van der Waals surface area (Å²) in [5.41, 5.74) is -0.429. The molecule has 1 saturated heterocycles. The Morgan fingerprint density at radius 2 is 1.49 bits per heavy atom. The first kappa shape index (κ1) is 26.4. The molecule has 0 aliphatic carbocycles. The van der Waals surface area contributed by atoms with Crippen molar-refractivity contribution >= 4 is 23.5 Å². The van der Waals surface area contributed by atoms with E-state index in [-0.39, 0.29) is 5.82 Å².